The fraction of sp³-hybridized carbons (Fsp3) is 0.429. The summed E-state index contributed by atoms with van der Waals surface area (Å²) >= 11 is 4.15. The molecule has 1 aliphatic rings. The Kier molecular flexibility index (Phi) is 4.65. The van der Waals surface area contributed by atoms with Crippen LogP contribution in [0.4, 0.5) is 4.39 Å². The van der Waals surface area contributed by atoms with E-state index in [1.54, 1.807) is 6.07 Å². The van der Waals surface area contributed by atoms with Crippen molar-refractivity contribution in [3.05, 3.63) is 35.6 Å². The van der Waals surface area contributed by atoms with Crippen LogP contribution in [0.3, 0.4) is 0 Å². The quantitative estimate of drug-likeness (QED) is 0.812. The van der Waals surface area contributed by atoms with Crippen molar-refractivity contribution in [1.29, 1.82) is 0 Å². The minimum absolute atomic E-state index is 0.0835. The number of carbonyl (C=O) groups excluding carboxylic acids is 1. The Morgan fingerprint density at radius 3 is 2.85 bits per heavy atom. The molecule has 2 atom stereocenters. The smallest absolute Gasteiger partial charge is 0.326 e. The first-order valence-electron chi connectivity index (χ1n) is 6.39. The highest BCUT2D eigenvalue weighted by Gasteiger charge is 2.37. The lowest BCUT2D eigenvalue weighted by Crippen LogP contribution is -2.43. The van der Waals surface area contributed by atoms with E-state index in [1.165, 1.54) is 23.1 Å². The molecule has 1 heterocycles. The van der Waals surface area contributed by atoms with Gasteiger partial charge in [-0.05, 0) is 29.4 Å². The second-order valence-electron chi connectivity index (χ2n) is 4.99. The lowest BCUT2D eigenvalue weighted by molar-refractivity contribution is -0.148. The molecule has 1 aromatic rings. The zero-order valence-corrected chi connectivity index (χ0v) is 11.7. The van der Waals surface area contributed by atoms with Gasteiger partial charge in [0.2, 0.25) is 5.91 Å². The van der Waals surface area contributed by atoms with E-state index in [4.69, 9.17) is 0 Å². The van der Waals surface area contributed by atoms with Gasteiger partial charge in [0, 0.05) is 19.4 Å². The number of hydrogen-bond acceptors (Lipinski definition) is 3. The van der Waals surface area contributed by atoms with Crippen LogP contribution in [0.5, 0.6) is 0 Å². The Balaban J connectivity index is 2.16. The monoisotopic (exact) mass is 297 g/mol. The van der Waals surface area contributed by atoms with Gasteiger partial charge in [0.15, 0.2) is 0 Å². The Morgan fingerprint density at radius 2 is 2.30 bits per heavy atom. The second-order valence-corrected chi connectivity index (χ2v) is 5.35. The molecule has 0 aromatic heterocycles. The second kappa shape index (κ2) is 6.26. The number of carboxylic acid groups (broad SMARTS) is 1. The topological polar surface area (TPSA) is 57.6 Å². The maximum absolute atomic E-state index is 13.2. The third-order valence-corrected chi connectivity index (χ3v) is 3.99. The van der Waals surface area contributed by atoms with Crippen molar-refractivity contribution in [3.63, 3.8) is 0 Å². The van der Waals surface area contributed by atoms with Crippen molar-refractivity contribution in [2.75, 3.05) is 12.3 Å². The van der Waals surface area contributed by atoms with Gasteiger partial charge in [-0.3, -0.25) is 4.79 Å². The molecule has 1 fully saturated rings. The SMILES string of the molecule is O=C(O)[C@H](Cc1cccc(F)c1)N1CC(CS)CC1=O. The van der Waals surface area contributed by atoms with Crippen molar-refractivity contribution in [3.8, 4) is 0 Å². The number of aliphatic carboxylic acids is 1. The highest BCUT2D eigenvalue weighted by molar-refractivity contribution is 7.80. The first-order chi connectivity index (χ1) is 9.51. The van der Waals surface area contributed by atoms with Gasteiger partial charge in [-0.25, -0.2) is 9.18 Å². The molecule has 0 radical (unpaired) electrons. The molecule has 1 aromatic carbocycles. The number of likely N-dealkylation sites (tertiary alicyclic amines) is 1. The van der Waals surface area contributed by atoms with Crippen LogP contribution in [0.1, 0.15) is 12.0 Å². The fourth-order valence-electron chi connectivity index (χ4n) is 2.45. The average molecular weight is 297 g/mol. The lowest BCUT2D eigenvalue weighted by atomic mass is 10.0. The van der Waals surface area contributed by atoms with Gasteiger partial charge in [0.25, 0.3) is 0 Å². The summed E-state index contributed by atoms with van der Waals surface area (Å²) in [6.07, 6.45) is 0.439. The van der Waals surface area contributed by atoms with Crippen LogP contribution in [-0.4, -0.2) is 40.2 Å². The molecule has 6 heteroatoms. The molecular weight excluding hydrogens is 281 g/mol. The summed E-state index contributed by atoms with van der Waals surface area (Å²) < 4.78 is 13.2. The molecule has 20 heavy (non-hydrogen) atoms. The third-order valence-electron chi connectivity index (χ3n) is 3.48. The number of rotatable bonds is 5. The van der Waals surface area contributed by atoms with Crippen molar-refractivity contribution >= 4 is 24.5 Å². The number of benzene rings is 1. The minimum Gasteiger partial charge on any atom is -0.480 e. The maximum atomic E-state index is 13.2. The van der Waals surface area contributed by atoms with Crippen LogP contribution < -0.4 is 0 Å². The standard InChI is InChI=1S/C14H16FNO3S/c15-11-3-1-2-9(4-11)5-12(14(18)19)16-7-10(8-20)6-13(16)17/h1-4,10,12,20H,5-8H2,(H,18,19)/t10?,12-/m0/s1. The zero-order chi connectivity index (χ0) is 14.7. The van der Waals surface area contributed by atoms with Crippen LogP contribution in [0.2, 0.25) is 0 Å². The number of nitrogens with zero attached hydrogens (tertiary/aromatic N) is 1. The maximum Gasteiger partial charge on any atom is 0.326 e. The van der Waals surface area contributed by atoms with Crippen molar-refractivity contribution in [2.24, 2.45) is 5.92 Å². The number of thiol groups is 1. The van der Waals surface area contributed by atoms with Crippen molar-refractivity contribution in [1.82, 2.24) is 4.90 Å². The Morgan fingerprint density at radius 1 is 1.55 bits per heavy atom. The summed E-state index contributed by atoms with van der Waals surface area (Å²) in [7, 11) is 0. The molecule has 1 amide bonds. The van der Waals surface area contributed by atoms with Crippen LogP contribution in [0.15, 0.2) is 24.3 Å². The predicted molar refractivity (Wildman–Crippen MR) is 75.2 cm³/mol. The molecule has 2 rings (SSSR count). The lowest BCUT2D eigenvalue weighted by Gasteiger charge is -2.24. The van der Waals surface area contributed by atoms with Crippen molar-refractivity contribution in [2.45, 2.75) is 18.9 Å². The Labute approximate surface area is 122 Å². The number of halogens is 1. The molecule has 4 nitrogen and oxygen atoms in total. The molecule has 1 unspecified atom stereocenters. The van der Waals surface area contributed by atoms with E-state index in [1.807, 2.05) is 0 Å². The van der Waals surface area contributed by atoms with Gasteiger partial charge in [0.1, 0.15) is 11.9 Å². The van der Waals surface area contributed by atoms with Gasteiger partial charge in [-0.2, -0.15) is 12.6 Å². The van der Waals surface area contributed by atoms with Gasteiger partial charge < -0.3 is 10.0 Å². The van der Waals surface area contributed by atoms with Crippen LogP contribution >= 0.6 is 12.6 Å². The van der Waals surface area contributed by atoms with E-state index in [2.05, 4.69) is 12.6 Å². The van der Waals surface area contributed by atoms with Crippen LogP contribution in [0.25, 0.3) is 0 Å². The Hall–Kier alpha value is -1.56. The molecule has 108 valence electrons. The van der Waals surface area contributed by atoms with E-state index in [0.29, 0.717) is 24.3 Å². The summed E-state index contributed by atoms with van der Waals surface area (Å²) in [5.41, 5.74) is 0.569. The number of hydrogen-bond donors (Lipinski definition) is 2. The summed E-state index contributed by atoms with van der Waals surface area (Å²) in [6.45, 7) is 0.397. The van der Waals surface area contributed by atoms with Gasteiger partial charge >= 0.3 is 5.97 Å². The highest BCUT2D eigenvalue weighted by atomic mass is 32.1. The largest absolute Gasteiger partial charge is 0.480 e. The van der Waals surface area contributed by atoms with E-state index >= 15 is 0 Å². The first-order valence-corrected chi connectivity index (χ1v) is 7.02. The normalized spacial score (nSPS) is 20.2. The molecular formula is C14H16FNO3S. The summed E-state index contributed by atoms with van der Waals surface area (Å²) in [6, 6.07) is 4.85. The predicted octanol–water partition coefficient (Wildman–Crippen LogP) is 1.60. The van der Waals surface area contributed by atoms with Crippen LogP contribution in [-0.2, 0) is 16.0 Å². The molecule has 0 aliphatic carbocycles. The number of carboxylic acids is 1. The summed E-state index contributed by atoms with van der Waals surface area (Å²) in [5, 5.41) is 9.33. The number of amides is 1. The third kappa shape index (κ3) is 3.30. The van der Waals surface area contributed by atoms with E-state index in [-0.39, 0.29) is 18.2 Å². The summed E-state index contributed by atoms with van der Waals surface area (Å²) in [4.78, 5) is 24.7. The minimum atomic E-state index is -1.07. The fourth-order valence-corrected chi connectivity index (χ4v) is 2.69. The molecule has 0 spiro atoms. The summed E-state index contributed by atoms with van der Waals surface area (Å²) in [5.74, 6) is -1.02. The van der Waals surface area contributed by atoms with Gasteiger partial charge in [-0.15, -0.1) is 0 Å². The van der Waals surface area contributed by atoms with E-state index < -0.39 is 17.8 Å². The van der Waals surface area contributed by atoms with Gasteiger partial charge in [-0.1, -0.05) is 12.1 Å². The Bertz CT molecular complexity index is 523. The molecule has 1 aliphatic heterocycles. The van der Waals surface area contributed by atoms with Crippen molar-refractivity contribution < 1.29 is 19.1 Å². The van der Waals surface area contributed by atoms with E-state index in [0.717, 1.165) is 0 Å². The average Bonchev–Trinajstić information content (AvgIpc) is 2.77. The zero-order valence-electron chi connectivity index (χ0n) is 10.8. The molecule has 0 saturated carbocycles. The first kappa shape index (κ1) is 14.8. The molecule has 1 N–H and O–H groups in total. The van der Waals surface area contributed by atoms with Crippen LogP contribution in [0, 0.1) is 11.7 Å². The molecule has 0 bridgehead atoms. The number of carbonyl (C=O) groups is 2. The van der Waals surface area contributed by atoms with E-state index in [9.17, 15) is 19.1 Å². The molecule has 1 saturated heterocycles. The highest BCUT2D eigenvalue weighted by Crippen LogP contribution is 2.23. The van der Waals surface area contributed by atoms with Gasteiger partial charge in [0.05, 0.1) is 0 Å².